The number of pyridine rings is 1. The predicted molar refractivity (Wildman–Crippen MR) is 90.9 cm³/mol. The number of ketones is 1. The van der Waals surface area contributed by atoms with E-state index in [4.69, 9.17) is 4.74 Å². The highest BCUT2D eigenvalue weighted by atomic mass is 79.9. The van der Waals surface area contributed by atoms with E-state index in [1.54, 1.807) is 47.9 Å². The molecular formula is C18H14BrNO3. The van der Waals surface area contributed by atoms with Crippen LogP contribution in [0.2, 0.25) is 0 Å². The van der Waals surface area contributed by atoms with Crippen LogP contribution in [-0.2, 0) is 4.74 Å². The van der Waals surface area contributed by atoms with Crippen molar-refractivity contribution in [3.63, 3.8) is 0 Å². The molecule has 0 bridgehead atoms. The lowest BCUT2D eigenvalue weighted by atomic mass is 10.1. The van der Waals surface area contributed by atoms with Crippen molar-refractivity contribution in [3.05, 3.63) is 76.0 Å². The number of benzene rings is 1. The second-order valence-corrected chi connectivity index (χ2v) is 5.87. The fraction of sp³-hybridized carbons (Fsp3) is 0.111. The lowest BCUT2D eigenvalue weighted by Crippen LogP contribution is -2.04. The van der Waals surface area contributed by atoms with Crippen molar-refractivity contribution >= 4 is 33.2 Å². The van der Waals surface area contributed by atoms with Gasteiger partial charge in [-0.3, -0.25) is 4.79 Å². The van der Waals surface area contributed by atoms with Gasteiger partial charge in [-0.25, -0.2) is 4.79 Å². The van der Waals surface area contributed by atoms with Crippen molar-refractivity contribution in [2.45, 2.75) is 6.92 Å². The van der Waals surface area contributed by atoms with Crippen LogP contribution in [0.5, 0.6) is 0 Å². The van der Waals surface area contributed by atoms with E-state index in [1.165, 1.54) is 0 Å². The molecule has 23 heavy (non-hydrogen) atoms. The number of fused-ring (bicyclic) bond motifs is 1. The van der Waals surface area contributed by atoms with Gasteiger partial charge in [0.2, 0.25) is 5.78 Å². The van der Waals surface area contributed by atoms with E-state index >= 15 is 0 Å². The molecule has 0 aliphatic rings. The molecule has 0 N–H and O–H groups in total. The zero-order chi connectivity index (χ0) is 16.4. The molecule has 0 aliphatic carbocycles. The SMILES string of the molecule is CCOC(=O)c1cc(C(=O)c2cccc(Br)c2)n2ccccc12. The Kier molecular flexibility index (Phi) is 4.30. The highest BCUT2D eigenvalue weighted by Crippen LogP contribution is 2.22. The van der Waals surface area contributed by atoms with Crippen molar-refractivity contribution in [3.8, 4) is 0 Å². The third kappa shape index (κ3) is 2.92. The maximum absolute atomic E-state index is 12.8. The molecule has 3 aromatic rings. The quantitative estimate of drug-likeness (QED) is 0.512. The molecule has 2 aromatic heterocycles. The summed E-state index contributed by atoms with van der Waals surface area (Å²) in [7, 11) is 0. The van der Waals surface area contributed by atoms with Crippen LogP contribution in [0.25, 0.3) is 5.52 Å². The Morgan fingerprint density at radius 3 is 2.70 bits per heavy atom. The molecule has 0 atom stereocenters. The Morgan fingerprint density at radius 2 is 1.96 bits per heavy atom. The van der Waals surface area contributed by atoms with Gasteiger partial charge in [-0.15, -0.1) is 0 Å². The maximum Gasteiger partial charge on any atom is 0.340 e. The number of hydrogen-bond donors (Lipinski definition) is 0. The van der Waals surface area contributed by atoms with Crippen LogP contribution in [-0.4, -0.2) is 22.8 Å². The molecule has 0 radical (unpaired) electrons. The zero-order valence-electron chi connectivity index (χ0n) is 12.5. The molecule has 0 aliphatic heterocycles. The van der Waals surface area contributed by atoms with Gasteiger partial charge in [-0.1, -0.05) is 34.1 Å². The molecule has 3 rings (SSSR count). The highest BCUT2D eigenvalue weighted by Gasteiger charge is 2.21. The van der Waals surface area contributed by atoms with Crippen molar-refractivity contribution in [1.82, 2.24) is 4.40 Å². The number of rotatable bonds is 4. The molecule has 0 saturated heterocycles. The van der Waals surface area contributed by atoms with Crippen LogP contribution in [0.15, 0.2) is 59.2 Å². The van der Waals surface area contributed by atoms with Crippen LogP contribution < -0.4 is 0 Å². The van der Waals surface area contributed by atoms with Gasteiger partial charge in [0.25, 0.3) is 0 Å². The molecule has 2 heterocycles. The number of carbonyl (C=O) groups excluding carboxylic acids is 2. The van der Waals surface area contributed by atoms with E-state index in [1.807, 2.05) is 18.2 Å². The minimum atomic E-state index is -0.426. The first kappa shape index (κ1) is 15.5. The van der Waals surface area contributed by atoms with Gasteiger partial charge in [0.15, 0.2) is 0 Å². The molecule has 116 valence electrons. The fourth-order valence-corrected chi connectivity index (χ4v) is 2.88. The predicted octanol–water partition coefficient (Wildman–Crippen LogP) is 4.11. The van der Waals surface area contributed by atoms with Crippen LogP contribution in [0.3, 0.4) is 0 Å². The fourth-order valence-electron chi connectivity index (χ4n) is 2.48. The topological polar surface area (TPSA) is 47.8 Å². The Morgan fingerprint density at radius 1 is 1.13 bits per heavy atom. The normalized spacial score (nSPS) is 10.7. The number of halogens is 1. The van der Waals surface area contributed by atoms with Crippen molar-refractivity contribution in [1.29, 1.82) is 0 Å². The second kappa shape index (κ2) is 6.38. The van der Waals surface area contributed by atoms with Crippen molar-refractivity contribution < 1.29 is 14.3 Å². The number of carbonyl (C=O) groups is 2. The van der Waals surface area contributed by atoms with E-state index in [9.17, 15) is 9.59 Å². The largest absolute Gasteiger partial charge is 0.462 e. The molecule has 0 amide bonds. The summed E-state index contributed by atoms with van der Waals surface area (Å²) in [6, 6.07) is 14.2. The van der Waals surface area contributed by atoms with Crippen molar-refractivity contribution in [2.75, 3.05) is 6.61 Å². The summed E-state index contributed by atoms with van der Waals surface area (Å²) in [4.78, 5) is 24.9. The molecule has 0 fully saturated rings. The Labute approximate surface area is 141 Å². The average Bonchev–Trinajstić information content (AvgIpc) is 2.94. The van der Waals surface area contributed by atoms with Crippen LogP contribution in [0.4, 0.5) is 0 Å². The molecule has 5 heteroatoms. The summed E-state index contributed by atoms with van der Waals surface area (Å²) < 4.78 is 7.63. The van der Waals surface area contributed by atoms with Gasteiger partial charge in [0.1, 0.15) is 0 Å². The standard InChI is InChI=1S/C18H14BrNO3/c1-2-23-18(22)14-11-16(20-9-4-3-8-15(14)20)17(21)12-6-5-7-13(19)10-12/h3-11H,2H2,1H3. The minimum absolute atomic E-state index is 0.150. The lowest BCUT2D eigenvalue weighted by Gasteiger charge is -2.03. The Balaban J connectivity index is 2.14. The summed E-state index contributed by atoms with van der Waals surface area (Å²) in [5.74, 6) is -0.576. The first-order chi connectivity index (χ1) is 11.1. The number of nitrogens with zero attached hydrogens (tertiary/aromatic N) is 1. The monoisotopic (exact) mass is 371 g/mol. The van der Waals surface area contributed by atoms with Gasteiger partial charge in [-0.2, -0.15) is 0 Å². The highest BCUT2D eigenvalue weighted by molar-refractivity contribution is 9.10. The molecular weight excluding hydrogens is 358 g/mol. The zero-order valence-corrected chi connectivity index (χ0v) is 14.0. The van der Waals surface area contributed by atoms with Gasteiger partial charge in [0, 0.05) is 16.2 Å². The molecule has 0 spiro atoms. The van der Waals surface area contributed by atoms with Gasteiger partial charge in [-0.05, 0) is 37.3 Å². The van der Waals surface area contributed by atoms with Crippen LogP contribution >= 0.6 is 15.9 Å². The summed E-state index contributed by atoms with van der Waals surface area (Å²) in [5, 5.41) is 0. The van der Waals surface area contributed by atoms with E-state index in [-0.39, 0.29) is 12.4 Å². The third-order valence-corrected chi connectivity index (χ3v) is 3.98. The number of ether oxygens (including phenoxy) is 1. The molecule has 0 saturated carbocycles. The lowest BCUT2D eigenvalue weighted by molar-refractivity contribution is 0.0529. The first-order valence-corrected chi connectivity index (χ1v) is 7.98. The van der Waals surface area contributed by atoms with Gasteiger partial charge >= 0.3 is 5.97 Å². The second-order valence-electron chi connectivity index (χ2n) is 4.96. The van der Waals surface area contributed by atoms with Crippen molar-refractivity contribution in [2.24, 2.45) is 0 Å². The number of aromatic nitrogens is 1. The van der Waals surface area contributed by atoms with Gasteiger partial charge < -0.3 is 9.14 Å². The summed E-state index contributed by atoms with van der Waals surface area (Å²) in [5.41, 5.74) is 2.04. The van der Waals surface area contributed by atoms with E-state index in [0.717, 1.165) is 4.47 Å². The summed E-state index contributed by atoms with van der Waals surface area (Å²) in [6.45, 7) is 2.04. The maximum atomic E-state index is 12.8. The molecule has 4 nitrogen and oxygen atoms in total. The Bertz CT molecular complexity index is 898. The first-order valence-electron chi connectivity index (χ1n) is 7.19. The number of hydrogen-bond acceptors (Lipinski definition) is 3. The van der Waals surface area contributed by atoms with Crippen LogP contribution in [0, 0.1) is 0 Å². The smallest absolute Gasteiger partial charge is 0.340 e. The van der Waals surface area contributed by atoms with Gasteiger partial charge in [0.05, 0.1) is 23.4 Å². The minimum Gasteiger partial charge on any atom is -0.462 e. The van der Waals surface area contributed by atoms with E-state index in [2.05, 4.69) is 15.9 Å². The van der Waals surface area contributed by atoms with E-state index in [0.29, 0.717) is 22.3 Å². The van der Waals surface area contributed by atoms with E-state index < -0.39 is 5.97 Å². The summed E-state index contributed by atoms with van der Waals surface area (Å²) >= 11 is 3.37. The molecule has 0 unspecified atom stereocenters. The number of esters is 1. The van der Waals surface area contributed by atoms with Crippen LogP contribution in [0.1, 0.15) is 33.3 Å². The average molecular weight is 372 g/mol. The Hall–Kier alpha value is -2.40. The molecule has 1 aromatic carbocycles. The third-order valence-electron chi connectivity index (χ3n) is 3.49. The summed E-state index contributed by atoms with van der Waals surface area (Å²) in [6.07, 6.45) is 1.77.